The minimum absolute atomic E-state index is 0.0400. The Balaban J connectivity index is 1.92. The van der Waals surface area contributed by atoms with E-state index in [1.807, 2.05) is 44.2 Å². The topological polar surface area (TPSA) is 120 Å². The van der Waals surface area contributed by atoms with Gasteiger partial charge >= 0.3 is 0 Å². The number of ether oxygens (including phenoxy) is 1. The van der Waals surface area contributed by atoms with Gasteiger partial charge in [-0.25, -0.2) is 0 Å². The predicted octanol–water partition coefficient (Wildman–Crippen LogP) is 1.46. The Morgan fingerprint density at radius 3 is 2.61 bits per heavy atom. The van der Waals surface area contributed by atoms with Crippen LogP contribution in [0, 0.1) is 5.92 Å². The van der Waals surface area contributed by atoms with Crippen molar-refractivity contribution in [1.82, 2.24) is 20.9 Å². The lowest BCUT2D eigenvalue weighted by Crippen LogP contribution is -2.64. The van der Waals surface area contributed by atoms with Crippen molar-refractivity contribution >= 4 is 23.8 Å². The molecule has 1 saturated carbocycles. The van der Waals surface area contributed by atoms with E-state index in [1.54, 1.807) is 18.0 Å². The molecule has 0 saturated heterocycles. The number of amides is 3. The minimum atomic E-state index is -1.11. The molecule has 1 aliphatic carbocycles. The molecule has 36 heavy (non-hydrogen) atoms. The zero-order valence-electron chi connectivity index (χ0n) is 21.6. The van der Waals surface area contributed by atoms with Gasteiger partial charge in [-0.15, -0.1) is 0 Å². The lowest BCUT2D eigenvalue weighted by molar-refractivity contribution is -0.149. The van der Waals surface area contributed by atoms with Gasteiger partial charge < -0.3 is 30.7 Å². The van der Waals surface area contributed by atoms with Gasteiger partial charge in [0.25, 0.3) is 0 Å². The third-order valence-electron chi connectivity index (χ3n) is 7.44. The molecule has 1 aromatic rings. The molecule has 9 heteroatoms. The summed E-state index contributed by atoms with van der Waals surface area (Å²) in [5.74, 6) is -0.296. The summed E-state index contributed by atoms with van der Waals surface area (Å²) in [5, 5.41) is 18.7. The van der Waals surface area contributed by atoms with Gasteiger partial charge in [0.05, 0.1) is 12.6 Å². The first-order chi connectivity index (χ1) is 17.3. The van der Waals surface area contributed by atoms with Crippen molar-refractivity contribution in [3.63, 3.8) is 0 Å². The normalized spacial score (nSPS) is 25.7. The van der Waals surface area contributed by atoms with Crippen LogP contribution in [0.4, 0.5) is 0 Å². The molecule has 1 aromatic carbocycles. The molecule has 1 aliphatic heterocycles. The van der Waals surface area contributed by atoms with Gasteiger partial charge in [-0.05, 0) is 24.8 Å². The number of carbonyl (C=O) groups is 3. The molecule has 0 bridgehead atoms. The Kier molecular flexibility index (Phi) is 9.89. The van der Waals surface area contributed by atoms with Crippen LogP contribution in [0.5, 0.6) is 5.75 Å². The summed E-state index contributed by atoms with van der Waals surface area (Å²) in [6.07, 6.45) is 7.07. The highest BCUT2D eigenvalue weighted by Crippen LogP contribution is 2.36. The fraction of sp³-hybridized carbons (Fsp3) is 0.593. The van der Waals surface area contributed by atoms with Crippen molar-refractivity contribution in [2.45, 2.75) is 63.6 Å². The number of hydrogen-bond donors (Lipinski definition) is 4. The first kappa shape index (κ1) is 27.7. The molecular weight excluding hydrogens is 460 g/mol. The molecule has 1 spiro atoms. The molecule has 3 rings (SSSR count). The van der Waals surface area contributed by atoms with E-state index in [1.165, 1.54) is 0 Å². The summed E-state index contributed by atoms with van der Waals surface area (Å²) >= 11 is 0. The van der Waals surface area contributed by atoms with Crippen LogP contribution in [-0.4, -0.2) is 78.7 Å². The van der Waals surface area contributed by atoms with Crippen LogP contribution in [0.15, 0.2) is 30.3 Å². The molecule has 9 nitrogen and oxygen atoms in total. The summed E-state index contributed by atoms with van der Waals surface area (Å²) in [5.41, 5.74) is -0.198. The molecule has 3 atom stereocenters. The van der Waals surface area contributed by atoms with Gasteiger partial charge in [-0.2, -0.15) is 0 Å². The maximum Gasteiger partial charge on any atom is 0.246 e. The second-order valence-electron chi connectivity index (χ2n) is 9.70. The molecule has 2 aliphatic rings. The molecule has 4 N–H and O–H groups in total. The standard InChI is InChI=1S/C27H40N4O5/c1-4-19(2)23-25(34)31(3)27(13-7-8-14-27)26(35)30-21(18-32)24(33)29-15-9-11-20-10-5-6-12-22(20)36-17-16-28-23/h5-6,9-12,19,21,23,28,32H,4,7-8,13-18H2,1-3H3,(H,29,33)(H,30,35)/b11-9-/t19-,21-,23-/m0/s1. The molecular formula is C27H40N4O5. The van der Waals surface area contributed by atoms with Gasteiger partial charge in [0.2, 0.25) is 17.7 Å². The fourth-order valence-corrected chi connectivity index (χ4v) is 4.94. The lowest BCUT2D eigenvalue weighted by Gasteiger charge is -2.41. The Hall–Kier alpha value is -2.91. The van der Waals surface area contributed by atoms with Crippen molar-refractivity contribution in [2.24, 2.45) is 5.92 Å². The van der Waals surface area contributed by atoms with E-state index in [2.05, 4.69) is 16.0 Å². The summed E-state index contributed by atoms with van der Waals surface area (Å²) in [6.45, 7) is 4.57. The Morgan fingerprint density at radius 1 is 1.19 bits per heavy atom. The van der Waals surface area contributed by atoms with E-state index < -0.39 is 36.0 Å². The number of aliphatic hydroxyl groups excluding tert-OH is 1. The third kappa shape index (κ3) is 6.25. The molecule has 1 heterocycles. The average Bonchev–Trinajstić information content (AvgIpc) is 3.39. The van der Waals surface area contributed by atoms with E-state index in [0.717, 1.165) is 24.8 Å². The highest BCUT2D eigenvalue weighted by atomic mass is 16.5. The maximum absolute atomic E-state index is 13.8. The second-order valence-corrected chi connectivity index (χ2v) is 9.70. The number of nitrogens with zero attached hydrogens (tertiary/aromatic N) is 1. The molecule has 1 fully saturated rings. The van der Waals surface area contributed by atoms with Gasteiger partial charge in [0, 0.05) is 25.7 Å². The zero-order chi connectivity index (χ0) is 26.1. The smallest absolute Gasteiger partial charge is 0.246 e. The largest absolute Gasteiger partial charge is 0.492 e. The number of rotatable bonds is 3. The summed E-state index contributed by atoms with van der Waals surface area (Å²) in [7, 11) is 1.67. The summed E-state index contributed by atoms with van der Waals surface area (Å²) in [4.78, 5) is 41.6. The van der Waals surface area contributed by atoms with Crippen LogP contribution < -0.4 is 20.7 Å². The van der Waals surface area contributed by atoms with Crippen molar-refractivity contribution < 1.29 is 24.2 Å². The molecule has 3 amide bonds. The first-order valence-corrected chi connectivity index (χ1v) is 12.9. The van der Waals surface area contributed by atoms with E-state index in [-0.39, 0.29) is 18.4 Å². The number of hydrogen-bond acceptors (Lipinski definition) is 6. The monoisotopic (exact) mass is 500 g/mol. The minimum Gasteiger partial charge on any atom is -0.492 e. The third-order valence-corrected chi connectivity index (χ3v) is 7.44. The SMILES string of the molecule is CC[C@H](C)[C@@H]1NCCOc2ccccc2/C=C\CNC(=O)[C@H](CO)NC(=O)C2(CCCC2)N(C)C1=O. The van der Waals surface area contributed by atoms with Crippen molar-refractivity contribution in [1.29, 1.82) is 0 Å². The molecule has 0 unspecified atom stereocenters. The highest BCUT2D eigenvalue weighted by molar-refractivity contribution is 5.96. The van der Waals surface area contributed by atoms with E-state index in [9.17, 15) is 19.5 Å². The molecule has 198 valence electrons. The Bertz CT molecular complexity index is 944. The Labute approximate surface area is 213 Å². The summed E-state index contributed by atoms with van der Waals surface area (Å²) in [6, 6.07) is 5.99. The highest BCUT2D eigenvalue weighted by Gasteiger charge is 2.49. The van der Waals surface area contributed by atoms with Crippen LogP contribution in [0.3, 0.4) is 0 Å². The Morgan fingerprint density at radius 2 is 1.92 bits per heavy atom. The number of fused-ring (bicyclic) bond motifs is 1. The first-order valence-electron chi connectivity index (χ1n) is 12.9. The molecule has 0 radical (unpaired) electrons. The second kappa shape index (κ2) is 12.9. The zero-order valence-corrected chi connectivity index (χ0v) is 21.6. The number of likely N-dealkylation sites (N-methyl/N-ethyl adjacent to an activating group) is 1. The van der Waals surface area contributed by atoms with E-state index in [4.69, 9.17) is 4.74 Å². The number of nitrogens with one attached hydrogen (secondary N) is 3. The quantitative estimate of drug-likeness (QED) is 0.499. The fourth-order valence-electron chi connectivity index (χ4n) is 4.94. The van der Waals surface area contributed by atoms with Crippen molar-refractivity contribution in [2.75, 3.05) is 33.4 Å². The van der Waals surface area contributed by atoms with Crippen molar-refractivity contribution in [3.8, 4) is 5.75 Å². The van der Waals surface area contributed by atoms with Gasteiger partial charge in [0.15, 0.2) is 0 Å². The van der Waals surface area contributed by atoms with Crippen molar-refractivity contribution in [3.05, 3.63) is 35.9 Å². The van der Waals surface area contributed by atoms with Crippen LogP contribution in [0.2, 0.25) is 0 Å². The number of para-hydroxylation sites is 1. The average molecular weight is 501 g/mol. The molecule has 0 aromatic heterocycles. The van der Waals surface area contributed by atoms with Gasteiger partial charge in [0.1, 0.15) is 23.9 Å². The van der Waals surface area contributed by atoms with E-state index >= 15 is 0 Å². The van der Waals surface area contributed by atoms with Gasteiger partial charge in [-0.1, -0.05) is 63.5 Å². The van der Waals surface area contributed by atoms with Crippen LogP contribution in [0.1, 0.15) is 51.5 Å². The summed E-state index contributed by atoms with van der Waals surface area (Å²) < 4.78 is 6.00. The van der Waals surface area contributed by atoms with Crippen LogP contribution in [-0.2, 0) is 14.4 Å². The van der Waals surface area contributed by atoms with Gasteiger partial charge in [-0.3, -0.25) is 14.4 Å². The number of benzene rings is 1. The van der Waals surface area contributed by atoms with E-state index in [0.29, 0.717) is 31.7 Å². The van der Waals surface area contributed by atoms with Crippen LogP contribution in [0.25, 0.3) is 6.08 Å². The maximum atomic E-state index is 13.8. The predicted molar refractivity (Wildman–Crippen MR) is 138 cm³/mol. The number of aliphatic hydroxyl groups is 1. The van der Waals surface area contributed by atoms with Crippen LogP contribution >= 0.6 is 0 Å². The lowest BCUT2D eigenvalue weighted by atomic mass is 9.90. The number of carbonyl (C=O) groups excluding carboxylic acids is 3.